The molecule has 2 heterocycles. The van der Waals surface area contributed by atoms with Gasteiger partial charge in [0, 0.05) is 24.2 Å². The van der Waals surface area contributed by atoms with Crippen LogP contribution < -0.4 is 14.8 Å². The number of carbonyl (C=O) groups excluding carboxylic acids is 1. The highest BCUT2D eigenvalue weighted by Gasteiger charge is 2.58. The third-order valence-electron chi connectivity index (χ3n) is 6.94. The number of anilines is 1. The van der Waals surface area contributed by atoms with Gasteiger partial charge in [-0.25, -0.2) is 4.98 Å². The molecule has 7 heteroatoms. The minimum absolute atomic E-state index is 0.120. The quantitative estimate of drug-likeness (QED) is 0.580. The molecule has 2 aromatic carbocycles. The molecule has 1 N–H and O–H groups in total. The number of likely N-dealkylation sites (tertiary alicyclic amines) is 1. The lowest BCUT2D eigenvalue weighted by molar-refractivity contribution is -0.118. The Bertz CT molecular complexity index is 1130. The van der Waals surface area contributed by atoms with E-state index in [0.29, 0.717) is 0 Å². The monoisotopic (exact) mass is 451 g/mol. The summed E-state index contributed by atoms with van der Waals surface area (Å²) in [5.74, 6) is 1.91. The van der Waals surface area contributed by atoms with Crippen molar-refractivity contribution in [3.63, 3.8) is 0 Å². The Morgan fingerprint density at radius 1 is 1.16 bits per heavy atom. The summed E-state index contributed by atoms with van der Waals surface area (Å²) < 4.78 is 12.0. The third kappa shape index (κ3) is 4.19. The number of piperidine rings is 1. The fourth-order valence-electron chi connectivity index (χ4n) is 4.99. The zero-order chi connectivity index (χ0) is 22.3. The number of thiazole rings is 1. The summed E-state index contributed by atoms with van der Waals surface area (Å²) in [5, 5.41) is 4.18. The number of nitrogens with one attached hydrogen (secondary N) is 1. The van der Waals surface area contributed by atoms with Crippen molar-refractivity contribution in [2.45, 2.75) is 32.7 Å². The number of methoxy groups -OCH3 is 2. The van der Waals surface area contributed by atoms with Gasteiger partial charge in [-0.1, -0.05) is 0 Å². The Kier molecular flexibility index (Phi) is 5.55. The van der Waals surface area contributed by atoms with Crippen LogP contribution in [0.25, 0.3) is 10.2 Å². The maximum absolute atomic E-state index is 12.9. The molecule has 3 aromatic rings. The van der Waals surface area contributed by atoms with Gasteiger partial charge in [0.2, 0.25) is 5.91 Å². The Balaban J connectivity index is 1.17. The molecule has 1 aliphatic heterocycles. The van der Waals surface area contributed by atoms with Gasteiger partial charge in [-0.2, -0.15) is 0 Å². The number of carbonyl (C=O) groups is 1. The summed E-state index contributed by atoms with van der Waals surface area (Å²) in [6, 6.07) is 12.1. The van der Waals surface area contributed by atoms with Crippen LogP contribution in [0, 0.1) is 18.3 Å². The third-order valence-corrected chi connectivity index (χ3v) is 7.89. The number of benzene rings is 2. The highest BCUT2D eigenvalue weighted by atomic mass is 32.1. The largest absolute Gasteiger partial charge is 0.497 e. The Labute approximate surface area is 192 Å². The van der Waals surface area contributed by atoms with Crippen LogP contribution in [0.15, 0.2) is 36.4 Å². The Morgan fingerprint density at radius 2 is 1.88 bits per heavy atom. The molecule has 32 heavy (non-hydrogen) atoms. The highest BCUT2D eigenvalue weighted by molar-refractivity contribution is 7.18. The smallest absolute Gasteiger partial charge is 0.228 e. The fraction of sp³-hybridized carbons (Fsp3) is 0.440. The molecule has 1 aromatic heterocycles. The van der Waals surface area contributed by atoms with E-state index in [1.807, 2.05) is 31.2 Å². The molecular formula is C25H29N3O3S. The van der Waals surface area contributed by atoms with E-state index >= 15 is 0 Å². The molecule has 1 saturated heterocycles. The molecule has 1 amide bonds. The molecule has 6 nitrogen and oxygen atoms in total. The summed E-state index contributed by atoms with van der Waals surface area (Å²) in [6.45, 7) is 4.89. The molecule has 0 radical (unpaired) electrons. The van der Waals surface area contributed by atoms with E-state index in [1.165, 1.54) is 5.56 Å². The molecule has 2 aliphatic rings. The van der Waals surface area contributed by atoms with E-state index < -0.39 is 0 Å². The van der Waals surface area contributed by atoms with Crippen LogP contribution in [-0.2, 0) is 11.3 Å². The molecule has 1 unspecified atom stereocenters. The van der Waals surface area contributed by atoms with E-state index in [0.717, 1.165) is 71.3 Å². The normalized spacial score (nSPS) is 19.8. The SMILES string of the molecule is COc1cc(CN2CCC3(CC2)CC3C(=O)Nc2ccc3sc(C)nc3c2)cc(OC)c1. The van der Waals surface area contributed by atoms with Crippen molar-refractivity contribution in [3.8, 4) is 11.5 Å². The molecule has 1 spiro atoms. The van der Waals surface area contributed by atoms with Crippen molar-refractivity contribution in [1.29, 1.82) is 0 Å². The number of aryl methyl sites for hydroxylation is 1. The first kappa shape index (κ1) is 21.2. The van der Waals surface area contributed by atoms with E-state index in [1.54, 1.807) is 25.6 Å². The lowest BCUT2D eigenvalue weighted by Gasteiger charge is -2.33. The van der Waals surface area contributed by atoms with E-state index in [2.05, 4.69) is 27.3 Å². The molecular weight excluding hydrogens is 422 g/mol. The van der Waals surface area contributed by atoms with Crippen molar-refractivity contribution in [2.24, 2.45) is 11.3 Å². The van der Waals surface area contributed by atoms with Crippen LogP contribution in [0.4, 0.5) is 5.69 Å². The van der Waals surface area contributed by atoms with E-state index in [-0.39, 0.29) is 17.2 Å². The van der Waals surface area contributed by atoms with Crippen LogP contribution >= 0.6 is 11.3 Å². The number of hydrogen-bond donors (Lipinski definition) is 1. The van der Waals surface area contributed by atoms with Gasteiger partial charge in [-0.05, 0) is 80.6 Å². The Morgan fingerprint density at radius 3 is 2.56 bits per heavy atom. The predicted molar refractivity (Wildman–Crippen MR) is 128 cm³/mol. The molecule has 1 saturated carbocycles. The van der Waals surface area contributed by atoms with Gasteiger partial charge in [0.05, 0.1) is 29.4 Å². The van der Waals surface area contributed by atoms with Gasteiger partial charge in [0.1, 0.15) is 11.5 Å². The predicted octanol–water partition coefficient (Wildman–Crippen LogP) is 4.86. The van der Waals surface area contributed by atoms with Gasteiger partial charge >= 0.3 is 0 Å². The average Bonchev–Trinajstić information content (AvgIpc) is 3.37. The summed E-state index contributed by atoms with van der Waals surface area (Å²) in [6.07, 6.45) is 3.13. The van der Waals surface area contributed by atoms with Gasteiger partial charge in [-0.3, -0.25) is 9.69 Å². The van der Waals surface area contributed by atoms with Crippen molar-refractivity contribution in [3.05, 3.63) is 47.0 Å². The van der Waals surface area contributed by atoms with Gasteiger partial charge in [0.25, 0.3) is 0 Å². The summed E-state index contributed by atoms with van der Waals surface area (Å²) in [5.41, 5.74) is 3.17. The van der Waals surface area contributed by atoms with Crippen molar-refractivity contribution in [1.82, 2.24) is 9.88 Å². The highest BCUT2D eigenvalue weighted by Crippen LogP contribution is 2.59. The number of rotatable bonds is 6. The van der Waals surface area contributed by atoms with Crippen molar-refractivity contribution >= 4 is 33.1 Å². The second kappa shape index (κ2) is 8.37. The first-order chi connectivity index (χ1) is 15.5. The number of hydrogen-bond acceptors (Lipinski definition) is 6. The first-order valence-electron chi connectivity index (χ1n) is 11.1. The van der Waals surface area contributed by atoms with Gasteiger partial charge in [0.15, 0.2) is 0 Å². The maximum Gasteiger partial charge on any atom is 0.228 e. The van der Waals surface area contributed by atoms with Crippen LogP contribution in [0.5, 0.6) is 11.5 Å². The standard InChI is InChI=1S/C25H29N3O3S/c1-16-26-22-12-18(4-5-23(22)32-16)27-24(29)21-14-25(21)6-8-28(9-7-25)15-17-10-19(30-2)13-20(11-17)31-3/h4-5,10-13,21H,6-9,14-15H2,1-3H3,(H,27,29). The number of ether oxygens (including phenoxy) is 2. The second-order valence-corrected chi connectivity index (χ2v) is 10.3. The lowest BCUT2D eigenvalue weighted by atomic mass is 9.90. The van der Waals surface area contributed by atoms with Gasteiger partial charge < -0.3 is 14.8 Å². The lowest BCUT2D eigenvalue weighted by Crippen LogP contribution is -2.35. The van der Waals surface area contributed by atoms with Crippen molar-refractivity contribution in [2.75, 3.05) is 32.6 Å². The average molecular weight is 452 g/mol. The van der Waals surface area contributed by atoms with Crippen LogP contribution in [0.3, 0.4) is 0 Å². The number of fused-ring (bicyclic) bond motifs is 1. The van der Waals surface area contributed by atoms with Crippen LogP contribution in [0.2, 0.25) is 0 Å². The zero-order valence-electron chi connectivity index (χ0n) is 18.8. The molecule has 1 atom stereocenters. The van der Waals surface area contributed by atoms with Crippen LogP contribution in [0.1, 0.15) is 29.8 Å². The zero-order valence-corrected chi connectivity index (χ0v) is 19.6. The Hall–Kier alpha value is -2.64. The van der Waals surface area contributed by atoms with Crippen LogP contribution in [-0.4, -0.2) is 43.1 Å². The van der Waals surface area contributed by atoms with E-state index in [9.17, 15) is 4.79 Å². The number of amides is 1. The fourth-order valence-corrected chi connectivity index (χ4v) is 5.80. The first-order valence-corrected chi connectivity index (χ1v) is 11.9. The molecule has 168 valence electrons. The minimum atomic E-state index is 0.120. The van der Waals surface area contributed by atoms with Gasteiger partial charge in [-0.15, -0.1) is 11.3 Å². The topological polar surface area (TPSA) is 63.7 Å². The minimum Gasteiger partial charge on any atom is -0.497 e. The molecule has 2 fully saturated rings. The number of nitrogens with zero attached hydrogens (tertiary/aromatic N) is 2. The maximum atomic E-state index is 12.9. The molecule has 5 rings (SSSR count). The number of aromatic nitrogens is 1. The summed E-state index contributed by atoms with van der Waals surface area (Å²) >= 11 is 1.68. The summed E-state index contributed by atoms with van der Waals surface area (Å²) in [4.78, 5) is 19.9. The summed E-state index contributed by atoms with van der Waals surface area (Å²) in [7, 11) is 3.36. The van der Waals surface area contributed by atoms with Crippen molar-refractivity contribution < 1.29 is 14.3 Å². The second-order valence-electron chi connectivity index (χ2n) is 9.02. The molecule has 0 bridgehead atoms. The van der Waals surface area contributed by atoms with E-state index in [4.69, 9.17) is 9.47 Å². The molecule has 1 aliphatic carbocycles.